The van der Waals surface area contributed by atoms with Gasteiger partial charge < -0.3 is 19.5 Å². The Kier molecular flexibility index (Phi) is 3.45. The Balaban J connectivity index is 1.47. The van der Waals surface area contributed by atoms with Crippen LogP contribution in [0.15, 0.2) is 18.2 Å². The molecule has 1 N–H and O–H groups in total. The van der Waals surface area contributed by atoms with Gasteiger partial charge in [-0.1, -0.05) is 6.07 Å². The van der Waals surface area contributed by atoms with E-state index in [-0.39, 0.29) is 17.4 Å². The monoisotopic (exact) mass is 303 g/mol. The van der Waals surface area contributed by atoms with Crippen LogP contribution in [0.3, 0.4) is 0 Å². The average molecular weight is 303 g/mol. The molecule has 1 saturated carbocycles. The topological polar surface area (TPSA) is 56.8 Å². The summed E-state index contributed by atoms with van der Waals surface area (Å²) in [4.78, 5) is 12.6. The Morgan fingerprint density at radius 1 is 1.18 bits per heavy atom. The molecular weight excluding hydrogens is 282 g/mol. The number of carbonyl (C=O) groups excluding carboxylic acids is 1. The minimum Gasteiger partial charge on any atom is -0.486 e. The molecule has 0 bridgehead atoms. The molecule has 5 heteroatoms. The average Bonchev–Trinajstić information content (AvgIpc) is 3.21. The molecule has 2 aliphatic heterocycles. The van der Waals surface area contributed by atoms with Crippen molar-refractivity contribution in [3.8, 4) is 11.5 Å². The molecule has 1 saturated heterocycles. The molecular formula is C17H21NO4. The van der Waals surface area contributed by atoms with E-state index in [1.165, 1.54) is 0 Å². The molecule has 1 atom stereocenters. The van der Waals surface area contributed by atoms with E-state index in [1.54, 1.807) is 0 Å². The van der Waals surface area contributed by atoms with E-state index in [0.717, 1.165) is 49.4 Å². The molecule has 1 aromatic rings. The summed E-state index contributed by atoms with van der Waals surface area (Å²) in [5.74, 6) is 1.63. The largest absolute Gasteiger partial charge is 0.486 e. The highest BCUT2D eigenvalue weighted by atomic mass is 16.6. The number of ether oxygens (including phenoxy) is 3. The van der Waals surface area contributed by atoms with Crippen LogP contribution in [0.25, 0.3) is 0 Å². The number of rotatable bonds is 4. The van der Waals surface area contributed by atoms with Gasteiger partial charge in [0.15, 0.2) is 11.5 Å². The lowest BCUT2D eigenvalue weighted by Gasteiger charge is -2.22. The highest BCUT2D eigenvalue weighted by molar-refractivity contribution is 5.91. The molecule has 0 spiro atoms. The predicted molar refractivity (Wildman–Crippen MR) is 80.3 cm³/mol. The van der Waals surface area contributed by atoms with Crippen molar-refractivity contribution >= 4 is 5.91 Å². The normalized spacial score (nSPS) is 24.8. The Bertz CT molecular complexity index is 576. The summed E-state index contributed by atoms with van der Waals surface area (Å²) in [6, 6.07) is 5.87. The fraction of sp³-hybridized carbons (Fsp3) is 0.588. The molecule has 1 unspecified atom stereocenters. The van der Waals surface area contributed by atoms with Crippen molar-refractivity contribution in [3.05, 3.63) is 23.8 Å². The first kappa shape index (κ1) is 13.9. The molecule has 2 heterocycles. The van der Waals surface area contributed by atoms with Crippen LogP contribution in [0.4, 0.5) is 0 Å². The number of hydrogen-bond donors (Lipinski definition) is 1. The van der Waals surface area contributed by atoms with Gasteiger partial charge in [-0.2, -0.15) is 0 Å². The van der Waals surface area contributed by atoms with Crippen molar-refractivity contribution in [1.82, 2.24) is 5.32 Å². The van der Waals surface area contributed by atoms with E-state index in [4.69, 9.17) is 14.2 Å². The summed E-state index contributed by atoms with van der Waals surface area (Å²) in [7, 11) is 0. The van der Waals surface area contributed by atoms with E-state index >= 15 is 0 Å². The number of carbonyl (C=O) groups is 1. The van der Waals surface area contributed by atoms with Crippen molar-refractivity contribution in [3.63, 3.8) is 0 Å². The standard InChI is InChI=1S/C17H21NO4/c19-16(18-11-13-2-1-7-20-13)17(5-6-17)12-3-4-14-15(10-12)22-9-8-21-14/h3-4,10,13H,1-2,5-9,11H2,(H,18,19). The van der Waals surface area contributed by atoms with Crippen LogP contribution in [0.1, 0.15) is 31.2 Å². The lowest BCUT2D eigenvalue weighted by molar-refractivity contribution is -0.124. The van der Waals surface area contributed by atoms with Gasteiger partial charge in [-0.15, -0.1) is 0 Å². The Morgan fingerprint density at radius 3 is 2.73 bits per heavy atom. The minimum atomic E-state index is -0.381. The summed E-state index contributed by atoms with van der Waals surface area (Å²) >= 11 is 0. The zero-order chi connectivity index (χ0) is 15.0. The van der Waals surface area contributed by atoms with E-state index in [2.05, 4.69) is 5.32 Å². The molecule has 1 aromatic carbocycles. The molecule has 1 amide bonds. The summed E-state index contributed by atoms with van der Waals surface area (Å²) in [6.07, 6.45) is 4.10. The first-order chi connectivity index (χ1) is 10.8. The fourth-order valence-corrected chi connectivity index (χ4v) is 3.29. The molecule has 22 heavy (non-hydrogen) atoms. The lowest BCUT2D eigenvalue weighted by atomic mass is 9.94. The highest BCUT2D eigenvalue weighted by Gasteiger charge is 2.51. The molecule has 4 rings (SSSR count). The summed E-state index contributed by atoms with van der Waals surface area (Å²) in [6.45, 7) is 2.58. The van der Waals surface area contributed by atoms with Gasteiger partial charge in [0.25, 0.3) is 0 Å². The summed E-state index contributed by atoms with van der Waals surface area (Å²) in [5.41, 5.74) is 0.649. The third-order valence-electron chi connectivity index (χ3n) is 4.79. The van der Waals surface area contributed by atoms with Crippen molar-refractivity contribution in [2.45, 2.75) is 37.2 Å². The molecule has 0 radical (unpaired) electrons. The van der Waals surface area contributed by atoms with Gasteiger partial charge in [0, 0.05) is 13.2 Å². The number of nitrogens with one attached hydrogen (secondary N) is 1. The number of amides is 1. The molecule has 2 fully saturated rings. The van der Waals surface area contributed by atoms with Crippen molar-refractivity contribution in [1.29, 1.82) is 0 Å². The zero-order valence-electron chi connectivity index (χ0n) is 12.6. The molecule has 3 aliphatic rings. The first-order valence-corrected chi connectivity index (χ1v) is 8.08. The van der Waals surface area contributed by atoms with Gasteiger partial charge in [-0.3, -0.25) is 4.79 Å². The van der Waals surface area contributed by atoms with Gasteiger partial charge in [0.2, 0.25) is 5.91 Å². The molecule has 118 valence electrons. The van der Waals surface area contributed by atoms with Crippen LogP contribution in [-0.2, 0) is 14.9 Å². The third-order valence-corrected chi connectivity index (χ3v) is 4.79. The van der Waals surface area contributed by atoms with E-state index in [1.807, 2.05) is 18.2 Å². The Morgan fingerprint density at radius 2 is 2.00 bits per heavy atom. The van der Waals surface area contributed by atoms with Gasteiger partial charge in [-0.25, -0.2) is 0 Å². The maximum Gasteiger partial charge on any atom is 0.230 e. The third kappa shape index (κ3) is 2.43. The molecule has 1 aliphatic carbocycles. The minimum absolute atomic E-state index is 0.111. The van der Waals surface area contributed by atoms with Gasteiger partial charge in [0.05, 0.1) is 11.5 Å². The number of hydrogen-bond acceptors (Lipinski definition) is 4. The van der Waals surface area contributed by atoms with Crippen LogP contribution in [0.2, 0.25) is 0 Å². The van der Waals surface area contributed by atoms with E-state index < -0.39 is 0 Å². The maximum absolute atomic E-state index is 12.6. The lowest BCUT2D eigenvalue weighted by Crippen LogP contribution is -2.39. The second-order valence-electron chi connectivity index (χ2n) is 6.29. The van der Waals surface area contributed by atoms with Crippen LogP contribution in [0, 0.1) is 0 Å². The first-order valence-electron chi connectivity index (χ1n) is 8.08. The van der Waals surface area contributed by atoms with Crippen molar-refractivity contribution in [2.75, 3.05) is 26.4 Å². The van der Waals surface area contributed by atoms with Crippen LogP contribution >= 0.6 is 0 Å². The second-order valence-corrected chi connectivity index (χ2v) is 6.29. The van der Waals surface area contributed by atoms with Gasteiger partial charge in [-0.05, 0) is 43.4 Å². The summed E-state index contributed by atoms with van der Waals surface area (Å²) < 4.78 is 16.7. The number of fused-ring (bicyclic) bond motifs is 1. The van der Waals surface area contributed by atoms with Crippen molar-refractivity contribution in [2.24, 2.45) is 0 Å². The van der Waals surface area contributed by atoms with Crippen molar-refractivity contribution < 1.29 is 19.0 Å². The Labute approximate surface area is 129 Å². The van der Waals surface area contributed by atoms with Gasteiger partial charge in [0.1, 0.15) is 13.2 Å². The van der Waals surface area contributed by atoms with Gasteiger partial charge >= 0.3 is 0 Å². The second kappa shape index (κ2) is 5.47. The summed E-state index contributed by atoms with van der Waals surface area (Å²) in [5, 5.41) is 3.07. The molecule has 5 nitrogen and oxygen atoms in total. The van der Waals surface area contributed by atoms with Crippen LogP contribution in [0.5, 0.6) is 11.5 Å². The highest BCUT2D eigenvalue weighted by Crippen LogP contribution is 2.50. The maximum atomic E-state index is 12.6. The van der Waals surface area contributed by atoms with E-state index in [0.29, 0.717) is 19.8 Å². The predicted octanol–water partition coefficient (Wildman–Crippen LogP) is 1.78. The SMILES string of the molecule is O=C(NCC1CCCO1)C1(c2ccc3c(c2)OCCO3)CC1. The van der Waals surface area contributed by atoms with E-state index in [9.17, 15) is 4.79 Å². The molecule has 0 aromatic heterocycles. The Hall–Kier alpha value is -1.75. The van der Waals surface area contributed by atoms with Crippen LogP contribution in [-0.4, -0.2) is 38.4 Å². The van der Waals surface area contributed by atoms with Crippen LogP contribution < -0.4 is 14.8 Å². The quantitative estimate of drug-likeness (QED) is 0.921. The number of benzene rings is 1. The fourth-order valence-electron chi connectivity index (χ4n) is 3.29. The zero-order valence-corrected chi connectivity index (χ0v) is 12.6. The smallest absolute Gasteiger partial charge is 0.230 e.